The Morgan fingerprint density at radius 3 is 2.53 bits per heavy atom. The van der Waals surface area contributed by atoms with E-state index in [0.29, 0.717) is 0 Å². The van der Waals surface area contributed by atoms with E-state index in [-0.39, 0.29) is 6.09 Å². The van der Waals surface area contributed by atoms with Crippen molar-refractivity contribution < 1.29 is 14.3 Å². The second kappa shape index (κ2) is 4.65. The Balaban J connectivity index is 2.49. The Morgan fingerprint density at radius 1 is 1.26 bits per heavy atom. The zero-order valence-corrected chi connectivity index (χ0v) is 12.0. The van der Waals surface area contributed by atoms with Crippen LogP contribution in [0.25, 0.3) is 10.9 Å². The van der Waals surface area contributed by atoms with E-state index in [1.54, 1.807) is 11.7 Å². The van der Waals surface area contributed by atoms with Gasteiger partial charge in [0.05, 0.1) is 12.6 Å². The summed E-state index contributed by atoms with van der Waals surface area (Å²) in [5.74, 6) is 0.772. The standard InChI is InChI=1S/C14H18BNO3/c1-14(2,3)19-13(17)16-11-6-5-10(18-4)7-9(11)8-12(16)15/h5-8H,15H2,1-4H3. The lowest BCUT2D eigenvalue weighted by Gasteiger charge is -2.20. The average molecular weight is 259 g/mol. The van der Waals surface area contributed by atoms with Crippen LogP contribution in [0.15, 0.2) is 24.3 Å². The molecule has 0 fully saturated rings. The first-order valence-corrected chi connectivity index (χ1v) is 6.21. The van der Waals surface area contributed by atoms with Crippen molar-refractivity contribution in [3.8, 4) is 5.75 Å². The first-order valence-electron chi connectivity index (χ1n) is 6.21. The second-order valence-electron chi connectivity index (χ2n) is 5.53. The fraction of sp³-hybridized carbons (Fsp3) is 0.357. The van der Waals surface area contributed by atoms with Crippen LogP contribution in [0.3, 0.4) is 0 Å². The number of fused-ring (bicyclic) bond motifs is 1. The van der Waals surface area contributed by atoms with Crippen LogP contribution in [0.1, 0.15) is 20.8 Å². The summed E-state index contributed by atoms with van der Waals surface area (Å²) >= 11 is 0. The molecule has 0 saturated carbocycles. The summed E-state index contributed by atoms with van der Waals surface area (Å²) in [4.78, 5) is 12.2. The summed E-state index contributed by atoms with van der Waals surface area (Å²) in [5.41, 5.74) is 1.16. The van der Waals surface area contributed by atoms with Crippen LogP contribution < -0.4 is 10.3 Å². The molecule has 0 amide bonds. The number of hydrogen-bond acceptors (Lipinski definition) is 3. The number of hydrogen-bond donors (Lipinski definition) is 0. The maximum absolute atomic E-state index is 12.2. The van der Waals surface area contributed by atoms with Crippen LogP contribution in [-0.2, 0) is 4.74 Å². The zero-order chi connectivity index (χ0) is 14.2. The molecule has 0 radical (unpaired) electrons. The molecule has 0 bridgehead atoms. The van der Waals surface area contributed by atoms with Gasteiger partial charge in [0.2, 0.25) is 0 Å². The Hall–Kier alpha value is -1.91. The van der Waals surface area contributed by atoms with Gasteiger partial charge < -0.3 is 9.47 Å². The van der Waals surface area contributed by atoms with Crippen molar-refractivity contribution in [3.63, 3.8) is 0 Å². The first-order chi connectivity index (χ1) is 8.81. The van der Waals surface area contributed by atoms with E-state index in [4.69, 9.17) is 9.47 Å². The Morgan fingerprint density at radius 2 is 1.95 bits per heavy atom. The first kappa shape index (κ1) is 13.5. The number of ether oxygens (including phenoxy) is 2. The molecule has 0 aliphatic heterocycles. The van der Waals surface area contributed by atoms with Gasteiger partial charge >= 0.3 is 6.09 Å². The minimum atomic E-state index is -0.507. The summed E-state index contributed by atoms with van der Waals surface area (Å²) < 4.78 is 12.2. The number of nitrogens with zero attached hydrogens (tertiary/aromatic N) is 1. The maximum Gasteiger partial charge on any atom is 0.418 e. The molecule has 0 aliphatic carbocycles. The van der Waals surface area contributed by atoms with Crippen molar-refractivity contribution in [3.05, 3.63) is 24.3 Å². The topological polar surface area (TPSA) is 40.5 Å². The van der Waals surface area contributed by atoms with Gasteiger partial charge in [-0.2, -0.15) is 0 Å². The lowest BCUT2D eigenvalue weighted by Crippen LogP contribution is -2.32. The van der Waals surface area contributed by atoms with Crippen LogP contribution in [0.2, 0.25) is 0 Å². The third-order valence-electron chi connectivity index (χ3n) is 2.77. The molecule has 4 nitrogen and oxygen atoms in total. The normalized spacial score (nSPS) is 11.6. The molecule has 2 rings (SSSR count). The van der Waals surface area contributed by atoms with E-state index in [0.717, 1.165) is 22.2 Å². The largest absolute Gasteiger partial charge is 0.497 e. The van der Waals surface area contributed by atoms with E-state index >= 15 is 0 Å². The molecule has 0 spiro atoms. The highest BCUT2D eigenvalue weighted by atomic mass is 16.6. The van der Waals surface area contributed by atoms with Crippen molar-refractivity contribution in [1.82, 2.24) is 4.57 Å². The molecule has 5 heteroatoms. The Labute approximate surface area is 113 Å². The molecule has 1 aromatic heterocycles. The monoisotopic (exact) mass is 259 g/mol. The number of aromatic nitrogens is 1. The van der Waals surface area contributed by atoms with Crippen molar-refractivity contribution in [2.75, 3.05) is 7.11 Å². The Kier molecular flexibility index (Phi) is 3.31. The molecule has 1 aromatic carbocycles. The van der Waals surface area contributed by atoms with E-state index in [9.17, 15) is 4.79 Å². The van der Waals surface area contributed by atoms with E-state index < -0.39 is 5.60 Å². The summed E-state index contributed by atoms with van der Waals surface area (Å²) in [5, 5.41) is 0.961. The highest BCUT2D eigenvalue weighted by Crippen LogP contribution is 2.21. The molecular weight excluding hydrogens is 241 g/mol. The lowest BCUT2D eigenvalue weighted by molar-refractivity contribution is 0.0549. The molecule has 2 aromatic rings. The van der Waals surface area contributed by atoms with Gasteiger partial charge in [-0.15, -0.1) is 0 Å². The van der Waals surface area contributed by atoms with Gasteiger partial charge in [-0.3, -0.25) is 4.57 Å². The fourth-order valence-corrected chi connectivity index (χ4v) is 2.01. The number of rotatable bonds is 1. The van der Waals surface area contributed by atoms with Crippen LogP contribution in [0, 0.1) is 0 Å². The molecule has 0 N–H and O–H groups in total. The van der Waals surface area contributed by atoms with Gasteiger partial charge in [0.25, 0.3) is 0 Å². The summed E-state index contributed by atoms with van der Waals surface area (Å²) in [6, 6.07) is 7.55. The van der Waals surface area contributed by atoms with Gasteiger partial charge in [-0.1, -0.05) is 0 Å². The number of methoxy groups -OCH3 is 1. The van der Waals surface area contributed by atoms with Gasteiger partial charge in [-0.25, -0.2) is 4.79 Å². The number of carbonyl (C=O) groups is 1. The van der Waals surface area contributed by atoms with Gasteiger partial charge in [-0.05, 0) is 50.6 Å². The third kappa shape index (κ3) is 2.75. The smallest absolute Gasteiger partial charge is 0.418 e. The molecule has 0 unspecified atom stereocenters. The average Bonchev–Trinajstić information content (AvgIpc) is 2.61. The lowest BCUT2D eigenvalue weighted by atomic mass is 10.1. The van der Waals surface area contributed by atoms with Crippen molar-refractivity contribution in [2.45, 2.75) is 26.4 Å². The number of carbonyl (C=O) groups excluding carboxylic acids is 1. The maximum atomic E-state index is 12.2. The van der Waals surface area contributed by atoms with Crippen LogP contribution in [0.4, 0.5) is 4.79 Å². The van der Waals surface area contributed by atoms with Crippen molar-refractivity contribution >= 4 is 30.4 Å². The van der Waals surface area contributed by atoms with Crippen molar-refractivity contribution in [1.29, 1.82) is 0 Å². The van der Waals surface area contributed by atoms with E-state index in [1.165, 1.54) is 0 Å². The number of benzene rings is 1. The summed E-state index contributed by atoms with van der Waals surface area (Å²) in [6.07, 6.45) is -0.356. The van der Waals surface area contributed by atoms with Crippen LogP contribution >= 0.6 is 0 Å². The highest BCUT2D eigenvalue weighted by Gasteiger charge is 2.20. The second-order valence-corrected chi connectivity index (χ2v) is 5.53. The summed E-state index contributed by atoms with van der Waals surface area (Å²) in [6.45, 7) is 5.57. The zero-order valence-electron chi connectivity index (χ0n) is 12.0. The Bertz CT molecular complexity index is 625. The molecule has 1 heterocycles. The van der Waals surface area contributed by atoms with E-state index in [2.05, 4.69) is 0 Å². The van der Waals surface area contributed by atoms with Gasteiger partial charge in [0.1, 0.15) is 11.4 Å². The van der Waals surface area contributed by atoms with Gasteiger partial charge in [0.15, 0.2) is 7.85 Å². The highest BCUT2D eigenvalue weighted by molar-refractivity contribution is 6.34. The van der Waals surface area contributed by atoms with Gasteiger partial charge in [0, 0.05) is 5.39 Å². The summed E-state index contributed by atoms with van der Waals surface area (Å²) in [7, 11) is 3.51. The molecule has 0 saturated heterocycles. The minimum Gasteiger partial charge on any atom is -0.497 e. The molecule has 0 atom stereocenters. The minimum absolute atomic E-state index is 0.356. The quantitative estimate of drug-likeness (QED) is 0.732. The van der Waals surface area contributed by atoms with Crippen LogP contribution in [0.5, 0.6) is 5.75 Å². The predicted molar refractivity (Wildman–Crippen MR) is 78.3 cm³/mol. The van der Waals surface area contributed by atoms with E-state index in [1.807, 2.05) is 52.9 Å². The predicted octanol–water partition coefficient (Wildman–Crippen LogP) is 1.69. The fourth-order valence-electron chi connectivity index (χ4n) is 2.01. The van der Waals surface area contributed by atoms with Crippen LogP contribution in [-0.4, -0.2) is 31.2 Å². The SMILES string of the molecule is Bc1cc2cc(OC)ccc2n1C(=O)OC(C)(C)C. The third-order valence-corrected chi connectivity index (χ3v) is 2.77. The molecule has 100 valence electrons. The molecule has 0 aliphatic rings. The van der Waals surface area contributed by atoms with Crippen molar-refractivity contribution in [2.24, 2.45) is 0 Å². The molecular formula is C14H18BNO3. The molecule has 19 heavy (non-hydrogen) atoms.